The van der Waals surface area contributed by atoms with E-state index in [1.165, 1.54) is 54.4 Å². The SMILES string of the molecule is C[C@]12CN(CC(F)(F)C1)c1nc(OC[C@@]34CCCN3C[C@H](F)C4)nc3c(F)c(ncc13)-c1cc(OC(=O)Oc3ccc([N+](=O)[O-])cc3)cc3ccc(F)c(c13)CCCOC(=O)N2. The van der Waals surface area contributed by atoms with Gasteiger partial charge in [0.05, 0.1) is 34.5 Å². The summed E-state index contributed by atoms with van der Waals surface area (Å²) in [4.78, 5) is 53.2. The maximum absolute atomic E-state index is 17.5. The molecule has 0 unspecified atom stereocenters. The van der Waals surface area contributed by atoms with Gasteiger partial charge in [-0.1, -0.05) is 6.07 Å². The lowest BCUT2D eigenvalue weighted by molar-refractivity contribution is -0.384. The lowest BCUT2D eigenvalue weighted by Crippen LogP contribution is -2.63. The van der Waals surface area contributed by atoms with Gasteiger partial charge in [-0.3, -0.25) is 20.0 Å². The Morgan fingerprint density at radius 2 is 1.85 bits per heavy atom. The zero-order valence-electron chi connectivity index (χ0n) is 33.1. The molecule has 3 aromatic carbocycles. The number of nitro groups is 1. The molecule has 0 spiro atoms. The summed E-state index contributed by atoms with van der Waals surface area (Å²) in [6.45, 7) is 0.900. The number of anilines is 1. The number of nitrogens with one attached hydrogen (secondary N) is 1. The molecule has 324 valence electrons. The van der Waals surface area contributed by atoms with E-state index < -0.39 is 70.5 Å². The van der Waals surface area contributed by atoms with E-state index in [9.17, 15) is 24.1 Å². The van der Waals surface area contributed by atoms with Crippen LogP contribution in [0.2, 0.25) is 0 Å². The maximum Gasteiger partial charge on any atom is 0.519 e. The molecule has 6 bridgehead atoms. The van der Waals surface area contributed by atoms with Crippen LogP contribution in [0.3, 0.4) is 0 Å². The summed E-state index contributed by atoms with van der Waals surface area (Å²) < 4.78 is 102. The molecular formula is C42H38F5N7O8. The number of nitrogens with zero attached hydrogens (tertiary/aromatic N) is 6. The third-order valence-electron chi connectivity index (χ3n) is 11.8. The number of ether oxygens (including phenoxy) is 4. The minimum atomic E-state index is -3.39. The lowest BCUT2D eigenvalue weighted by Gasteiger charge is -2.44. The number of fused-ring (bicyclic) bond motifs is 7. The van der Waals surface area contributed by atoms with Gasteiger partial charge in [-0.15, -0.1) is 0 Å². The average molecular weight is 864 g/mol. The van der Waals surface area contributed by atoms with Gasteiger partial charge in [-0.25, -0.2) is 31.5 Å². The fraction of sp³-hybridized carbons (Fsp3) is 0.405. The summed E-state index contributed by atoms with van der Waals surface area (Å²) in [6.07, 6.45) is -1.26. The van der Waals surface area contributed by atoms with Crippen molar-refractivity contribution in [1.82, 2.24) is 25.2 Å². The van der Waals surface area contributed by atoms with Crippen molar-refractivity contribution in [1.29, 1.82) is 0 Å². The number of pyridine rings is 1. The molecule has 5 aliphatic rings. The third-order valence-corrected chi connectivity index (χ3v) is 11.8. The van der Waals surface area contributed by atoms with Crippen LogP contribution in [0.4, 0.5) is 43.0 Å². The molecule has 2 aromatic heterocycles. The Kier molecular flexibility index (Phi) is 10.2. The van der Waals surface area contributed by atoms with Gasteiger partial charge in [0.25, 0.3) is 11.6 Å². The molecule has 62 heavy (non-hydrogen) atoms. The highest BCUT2D eigenvalue weighted by molar-refractivity contribution is 6.02. The molecular weight excluding hydrogens is 825 g/mol. The quantitative estimate of drug-likeness (QED) is 0.0576. The number of carbonyl (C=O) groups is 2. The Hall–Kier alpha value is -6.44. The van der Waals surface area contributed by atoms with Crippen molar-refractivity contribution in [2.75, 3.05) is 44.3 Å². The van der Waals surface area contributed by atoms with E-state index in [0.29, 0.717) is 13.0 Å². The maximum atomic E-state index is 17.5. The van der Waals surface area contributed by atoms with Crippen LogP contribution < -0.4 is 24.4 Å². The van der Waals surface area contributed by atoms with Crippen LogP contribution >= 0.6 is 0 Å². The first-order chi connectivity index (χ1) is 29.6. The van der Waals surface area contributed by atoms with E-state index in [1.54, 1.807) is 0 Å². The van der Waals surface area contributed by atoms with Crippen LogP contribution in [0.1, 0.15) is 44.6 Å². The second-order valence-corrected chi connectivity index (χ2v) is 16.5. The topological polar surface area (TPSA) is 171 Å². The van der Waals surface area contributed by atoms with Gasteiger partial charge in [-0.05, 0) is 85.8 Å². The highest BCUT2D eigenvalue weighted by Crippen LogP contribution is 2.43. The number of alkyl halides is 3. The summed E-state index contributed by atoms with van der Waals surface area (Å²) in [5, 5.41) is 14.0. The molecule has 3 atom stereocenters. The number of non-ortho nitro benzene ring substituents is 1. The number of hydrogen-bond donors (Lipinski definition) is 1. The number of hydrogen-bond acceptors (Lipinski definition) is 13. The fourth-order valence-electron chi connectivity index (χ4n) is 9.36. The average Bonchev–Trinajstić information content (AvgIpc) is 3.73. The largest absolute Gasteiger partial charge is 0.519 e. The fourth-order valence-corrected chi connectivity index (χ4v) is 9.36. The van der Waals surface area contributed by atoms with E-state index >= 15 is 17.6 Å². The van der Waals surface area contributed by atoms with Crippen LogP contribution in [0, 0.1) is 21.7 Å². The number of alkyl carbamates (subject to hydrolysis) is 1. The highest BCUT2D eigenvalue weighted by Gasteiger charge is 2.50. The number of nitro benzene ring substituents is 1. The minimum Gasteiger partial charge on any atom is -0.461 e. The van der Waals surface area contributed by atoms with E-state index in [-0.39, 0.29) is 108 Å². The standard InChI is InChI=1S/C42H38F5N7O8/c1-40-19-42(46,47)21-52(20-40)36-30-17-48-34(33(45)35(30)49-37(50-36)60-22-41-11-3-12-53(41)18-24(43)16-41)29-15-27(62-39(56)61-26-8-6-25(7-9-26)54(57)58)14-23-5-10-31(44)28(32(23)29)4-2-13-59-38(55)51-40/h5-10,14-15,17,24H,2-4,11-13,16,18-22H2,1H3,(H,51,55)/t24-,40-,41+/m1/s1. The van der Waals surface area contributed by atoms with Gasteiger partial charge in [0.2, 0.25) is 0 Å². The molecule has 0 aliphatic carbocycles. The molecule has 1 amide bonds. The Labute approximate surface area is 349 Å². The van der Waals surface area contributed by atoms with Crippen LogP contribution in [0.5, 0.6) is 17.5 Å². The number of rotatable bonds is 6. The molecule has 3 saturated heterocycles. The predicted octanol–water partition coefficient (Wildman–Crippen LogP) is 7.84. The lowest BCUT2D eigenvalue weighted by atomic mass is 9.88. The van der Waals surface area contributed by atoms with E-state index in [0.717, 1.165) is 18.6 Å². The van der Waals surface area contributed by atoms with Gasteiger partial charge in [0.15, 0.2) is 5.82 Å². The molecule has 7 heterocycles. The summed E-state index contributed by atoms with van der Waals surface area (Å²) in [6, 6.07) is 9.44. The number of aromatic nitrogens is 3. The predicted molar refractivity (Wildman–Crippen MR) is 211 cm³/mol. The van der Waals surface area contributed by atoms with Crippen molar-refractivity contribution in [3.63, 3.8) is 0 Å². The highest BCUT2D eigenvalue weighted by atomic mass is 19.3. The first-order valence-corrected chi connectivity index (χ1v) is 19.9. The Balaban J connectivity index is 1.19. The third kappa shape index (κ3) is 7.82. The molecule has 5 aliphatic heterocycles. The summed E-state index contributed by atoms with van der Waals surface area (Å²) in [7, 11) is 0. The Bertz CT molecular complexity index is 2640. The first kappa shape index (κ1) is 40.9. The first-order valence-electron chi connectivity index (χ1n) is 19.9. The van der Waals surface area contributed by atoms with Crippen LogP contribution in [-0.2, 0) is 11.2 Å². The van der Waals surface area contributed by atoms with E-state index in [2.05, 4.69) is 20.3 Å². The van der Waals surface area contributed by atoms with Crippen LogP contribution in [0.25, 0.3) is 32.9 Å². The number of benzene rings is 3. The summed E-state index contributed by atoms with van der Waals surface area (Å²) >= 11 is 0. The van der Waals surface area contributed by atoms with Gasteiger partial charge in [-0.2, -0.15) is 9.97 Å². The summed E-state index contributed by atoms with van der Waals surface area (Å²) in [5.41, 5.74) is -3.26. The monoisotopic (exact) mass is 863 g/mol. The van der Waals surface area contributed by atoms with Crippen molar-refractivity contribution in [2.24, 2.45) is 0 Å². The number of amides is 1. The van der Waals surface area contributed by atoms with Gasteiger partial charge >= 0.3 is 18.3 Å². The van der Waals surface area contributed by atoms with E-state index in [4.69, 9.17) is 18.9 Å². The Morgan fingerprint density at radius 3 is 2.65 bits per heavy atom. The number of aryl methyl sites for hydroxylation is 1. The second-order valence-electron chi connectivity index (χ2n) is 16.5. The zero-order valence-corrected chi connectivity index (χ0v) is 33.1. The second kappa shape index (κ2) is 15.5. The van der Waals surface area contributed by atoms with Crippen molar-refractivity contribution in [3.05, 3.63) is 82.0 Å². The van der Waals surface area contributed by atoms with Gasteiger partial charge in [0, 0.05) is 49.8 Å². The minimum absolute atomic E-state index is 0.0486. The van der Waals surface area contributed by atoms with Gasteiger partial charge < -0.3 is 29.2 Å². The molecule has 15 nitrogen and oxygen atoms in total. The number of halogens is 5. The smallest absolute Gasteiger partial charge is 0.461 e. The Morgan fingerprint density at radius 1 is 1.06 bits per heavy atom. The van der Waals surface area contributed by atoms with Crippen molar-refractivity contribution >= 4 is 45.4 Å². The molecule has 10 rings (SSSR count). The number of piperidine rings is 1. The molecule has 0 saturated carbocycles. The van der Waals surface area contributed by atoms with Crippen molar-refractivity contribution in [3.8, 4) is 28.8 Å². The normalized spacial score (nSPS) is 23.5. The number of carbonyl (C=O) groups excluding carboxylic acids is 2. The zero-order chi connectivity index (χ0) is 43.6. The van der Waals surface area contributed by atoms with Crippen molar-refractivity contribution in [2.45, 2.75) is 68.6 Å². The molecule has 1 N–H and O–H groups in total. The molecule has 5 aromatic rings. The van der Waals surface area contributed by atoms with Crippen molar-refractivity contribution < 1.29 is 55.4 Å². The molecule has 0 radical (unpaired) electrons. The van der Waals surface area contributed by atoms with Crippen LogP contribution in [-0.4, -0.2) is 99.6 Å². The van der Waals surface area contributed by atoms with Gasteiger partial charge in [0.1, 0.15) is 47.1 Å². The molecule has 20 heteroatoms. The molecule has 3 fully saturated rings. The summed E-state index contributed by atoms with van der Waals surface area (Å²) in [5.74, 6) is -5.59. The van der Waals surface area contributed by atoms with E-state index in [1.807, 2.05) is 4.90 Å². The van der Waals surface area contributed by atoms with Crippen LogP contribution in [0.15, 0.2) is 54.7 Å².